The standard InChI is InChI=1S/C19H23ClN4O2/c1-14(16-3-2-4-17(20)11-16)23-19(25)22-13-15-5-6-18(21-12-15)24-7-9-26-10-8-24/h2-6,11-12,14H,7-10,13H2,1H3,(H2,22,23,25). The van der Waals surface area contributed by atoms with Crippen LogP contribution in [0.1, 0.15) is 24.1 Å². The summed E-state index contributed by atoms with van der Waals surface area (Å²) in [6.45, 7) is 5.52. The van der Waals surface area contributed by atoms with Crippen LogP contribution in [0.3, 0.4) is 0 Å². The molecule has 6 nitrogen and oxygen atoms in total. The first-order valence-electron chi connectivity index (χ1n) is 8.69. The van der Waals surface area contributed by atoms with E-state index in [1.54, 1.807) is 6.20 Å². The number of ether oxygens (including phenoxy) is 1. The molecule has 0 radical (unpaired) electrons. The number of anilines is 1. The number of nitrogens with zero attached hydrogens (tertiary/aromatic N) is 2. The minimum atomic E-state index is -0.227. The number of carbonyl (C=O) groups is 1. The topological polar surface area (TPSA) is 66.5 Å². The Morgan fingerprint density at radius 2 is 2.12 bits per heavy atom. The van der Waals surface area contributed by atoms with Crippen LogP contribution in [-0.2, 0) is 11.3 Å². The fraction of sp³-hybridized carbons (Fsp3) is 0.368. The van der Waals surface area contributed by atoms with Crippen LogP contribution < -0.4 is 15.5 Å². The van der Waals surface area contributed by atoms with Crippen molar-refractivity contribution in [3.05, 3.63) is 58.7 Å². The number of carbonyl (C=O) groups excluding carboxylic acids is 1. The summed E-state index contributed by atoms with van der Waals surface area (Å²) in [4.78, 5) is 18.8. The molecule has 1 unspecified atom stereocenters. The lowest BCUT2D eigenvalue weighted by Crippen LogP contribution is -2.37. The lowest BCUT2D eigenvalue weighted by Gasteiger charge is -2.27. The van der Waals surface area contributed by atoms with Gasteiger partial charge in [-0.25, -0.2) is 9.78 Å². The van der Waals surface area contributed by atoms with Gasteiger partial charge in [0.2, 0.25) is 0 Å². The zero-order valence-electron chi connectivity index (χ0n) is 14.7. The Balaban J connectivity index is 1.48. The molecule has 1 aromatic carbocycles. The van der Waals surface area contributed by atoms with Crippen molar-refractivity contribution in [1.29, 1.82) is 0 Å². The number of hydrogen-bond acceptors (Lipinski definition) is 4. The number of hydrogen-bond donors (Lipinski definition) is 2. The minimum Gasteiger partial charge on any atom is -0.378 e. The average molecular weight is 375 g/mol. The Kier molecular flexibility index (Phi) is 6.30. The van der Waals surface area contributed by atoms with Gasteiger partial charge in [0.05, 0.1) is 19.3 Å². The third-order valence-electron chi connectivity index (χ3n) is 4.29. The molecule has 2 amide bonds. The molecule has 1 aliphatic heterocycles. The summed E-state index contributed by atoms with van der Waals surface area (Å²) in [5, 5.41) is 6.42. The number of rotatable bonds is 5. The van der Waals surface area contributed by atoms with Gasteiger partial charge in [-0.1, -0.05) is 29.8 Å². The highest BCUT2D eigenvalue weighted by atomic mass is 35.5. The first-order chi connectivity index (χ1) is 12.6. The normalized spacial score (nSPS) is 15.4. The number of amides is 2. The van der Waals surface area contributed by atoms with Crippen LogP contribution in [0.4, 0.5) is 10.6 Å². The summed E-state index contributed by atoms with van der Waals surface area (Å²) in [6, 6.07) is 11.1. The molecular weight excluding hydrogens is 352 g/mol. The largest absolute Gasteiger partial charge is 0.378 e. The van der Waals surface area contributed by atoms with E-state index < -0.39 is 0 Å². The summed E-state index contributed by atoms with van der Waals surface area (Å²) < 4.78 is 5.35. The third-order valence-corrected chi connectivity index (χ3v) is 4.53. The minimum absolute atomic E-state index is 0.129. The van der Waals surface area contributed by atoms with Crippen LogP contribution in [0.5, 0.6) is 0 Å². The van der Waals surface area contributed by atoms with Gasteiger partial charge in [0.25, 0.3) is 0 Å². The highest BCUT2D eigenvalue weighted by Gasteiger charge is 2.12. The summed E-state index contributed by atoms with van der Waals surface area (Å²) in [6.07, 6.45) is 1.80. The van der Waals surface area contributed by atoms with E-state index in [0.717, 1.165) is 43.2 Å². The van der Waals surface area contributed by atoms with Crippen LogP contribution in [0.2, 0.25) is 5.02 Å². The van der Waals surface area contributed by atoms with E-state index in [1.807, 2.05) is 43.3 Å². The van der Waals surface area contributed by atoms with Gasteiger partial charge < -0.3 is 20.3 Å². The molecule has 1 atom stereocenters. The average Bonchev–Trinajstić information content (AvgIpc) is 2.67. The van der Waals surface area contributed by atoms with Crippen molar-refractivity contribution < 1.29 is 9.53 Å². The van der Waals surface area contributed by atoms with Crippen LogP contribution in [0, 0.1) is 0 Å². The fourth-order valence-corrected chi connectivity index (χ4v) is 2.99. The van der Waals surface area contributed by atoms with Gasteiger partial charge in [0, 0.05) is 30.9 Å². The summed E-state index contributed by atoms with van der Waals surface area (Å²) in [5.74, 6) is 0.941. The number of benzene rings is 1. The summed E-state index contributed by atoms with van der Waals surface area (Å²) in [7, 11) is 0. The van der Waals surface area contributed by atoms with Crippen molar-refractivity contribution in [1.82, 2.24) is 15.6 Å². The zero-order valence-corrected chi connectivity index (χ0v) is 15.5. The lowest BCUT2D eigenvalue weighted by atomic mass is 10.1. The quantitative estimate of drug-likeness (QED) is 0.843. The van der Waals surface area contributed by atoms with E-state index in [-0.39, 0.29) is 12.1 Å². The molecular formula is C19H23ClN4O2. The van der Waals surface area contributed by atoms with Crippen molar-refractivity contribution >= 4 is 23.4 Å². The number of morpholine rings is 1. The second-order valence-corrected chi connectivity index (χ2v) is 6.66. The number of pyridine rings is 1. The predicted molar refractivity (Wildman–Crippen MR) is 103 cm³/mol. The molecule has 7 heteroatoms. The second-order valence-electron chi connectivity index (χ2n) is 6.23. The molecule has 0 bridgehead atoms. The molecule has 0 spiro atoms. The molecule has 1 aliphatic rings. The van der Waals surface area contributed by atoms with Gasteiger partial charge in [-0.3, -0.25) is 0 Å². The molecule has 1 saturated heterocycles. The van der Waals surface area contributed by atoms with Gasteiger partial charge in [0.15, 0.2) is 0 Å². The molecule has 1 aromatic heterocycles. The Morgan fingerprint density at radius 3 is 2.81 bits per heavy atom. The zero-order chi connectivity index (χ0) is 18.4. The number of halogens is 1. The Morgan fingerprint density at radius 1 is 1.31 bits per heavy atom. The van der Waals surface area contributed by atoms with Crippen molar-refractivity contribution in [3.8, 4) is 0 Å². The fourth-order valence-electron chi connectivity index (χ4n) is 2.79. The van der Waals surface area contributed by atoms with Gasteiger partial charge in [-0.05, 0) is 36.2 Å². The van der Waals surface area contributed by atoms with Crippen molar-refractivity contribution in [2.24, 2.45) is 0 Å². The second kappa shape index (κ2) is 8.87. The molecule has 2 N–H and O–H groups in total. The van der Waals surface area contributed by atoms with E-state index in [1.165, 1.54) is 0 Å². The summed E-state index contributed by atoms with van der Waals surface area (Å²) >= 11 is 5.99. The summed E-state index contributed by atoms with van der Waals surface area (Å²) in [5.41, 5.74) is 1.91. The van der Waals surface area contributed by atoms with E-state index >= 15 is 0 Å². The molecule has 3 rings (SSSR count). The van der Waals surface area contributed by atoms with Gasteiger partial charge in [-0.2, -0.15) is 0 Å². The van der Waals surface area contributed by atoms with Crippen molar-refractivity contribution in [2.45, 2.75) is 19.5 Å². The van der Waals surface area contributed by atoms with Gasteiger partial charge >= 0.3 is 6.03 Å². The van der Waals surface area contributed by atoms with E-state index in [0.29, 0.717) is 11.6 Å². The van der Waals surface area contributed by atoms with Crippen LogP contribution >= 0.6 is 11.6 Å². The van der Waals surface area contributed by atoms with Gasteiger partial charge in [0.1, 0.15) is 5.82 Å². The maximum Gasteiger partial charge on any atom is 0.315 e. The first-order valence-corrected chi connectivity index (χ1v) is 9.07. The van der Waals surface area contributed by atoms with E-state index in [4.69, 9.17) is 16.3 Å². The van der Waals surface area contributed by atoms with E-state index in [9.17, 15) is 4.79 Å². The molecule has 2 aromatic rings. The van der Waals surface area contributed by atoms with Crippen LogP contribution in [0.15, 0.2) is 42.6 Å². The SMILES string of the molecule is CC(NC(=O)NCc1ccc(N2CCOCC2)nc1)c1cccc(Cl)c1. The Hall–Kier alpha value is -2.31. The number of urea groups is 1. The van der Waals surface area contributed by atoms with E-state index in [2.05, 4.69) is 20.5 Å². The van der Waals surface area contributed by atoms with Crippen molar-refractivity contribution in [3.63, 3.8) is 0 Å². The molecule has 0 aliphatic carbocycles. The molecule has 2 heterocycles. The van der Waals surface area contributed by atoms with Gasteiger partial charge in [-0.15, -0.1) is 0 Å². The maximum atomic E-state index is 12.1. The third kappa shape index (κ3) is 5.09. The van der Waals surface area contributed by atoms with Crippen LogP contribution in [0.25, 0.3) is 0 Å². The number of aromatic nitrogens is 1. The molecule has 26 heavy (non-hydrogen) atoms. The molecule has 0 saturated carbocycles. The Labute approximate surface area is 158 Å². The first kappa shape index (κ1) is 18.5. The lowest BCUT2D eigenvalue weighted by molar-refractivity contribution is 0.122. The van der Waals surface area contributed by atoms with Crippen LogP contribution in [-0.4, -0.2) is 37.3 Å². The monoisotopic (exact) mass is 374 g/mol. The number of nitrogens with one attached hydrogen (secondary N) is 2. The Bertz CT molecular complexity index is 733. The smallest absolute Gasteiger partial charge is 0.315 e. The molecule has 1 fully saturated rings. The molecule has 138 valence electrons. The highest BCUT2D eigenvalue weighted by molar-refractivity contribution is 6.30. The van der Waals surface area contributed by atoms with Crippen molar-refractivity contribution in [2.75, 3.05) is 31.2 Å². The highest BCUT2D eigenvalue weighted by Crippen LogP contribution is 2.17. The predicted octanol–water partition coefficient (Wildman–Crippen LogP) is 3.13. The maximum absolute atomic E-state index is 12.1.